The molecule has 114 valence electrons. The summed E-state index contributed by atoms with van der Waals surface area (Å²) < 4.78 is 22.8. The van der Waals surface area contributed by atoms with Crippen molar-refractivity contribution >= 4 is 21.8 Å². The maximum atomic E-state index is 12.0. The van der Waals surface area contributed by atoms with Gasteiger partial charge in [0.25, 0.3) is 11.8 Å². The fraction of sp³-hybridized carbons (Fsp3) is 0. The minimum Gasteiger partial charge on any atom is -0.267 e. The zero-order valence-corrected chi connectivity index (χ0v) is 12.0. The minimum atomic E-state index is -4.05. The highest BCUT2D eigenvalue weighted by atomic mass is 32.2. The summed E-state index contributed by atoms with van der Waals surface area (Å²) in [4.78, 5) is 27.2. The Morgan fingerprint density at radius 1 is 0.955 bits per heavy atom. The summed E-state index contributed by atoms with van der Waals surface area (Å²) in [6.07, 6.45) is 2.85. The second-order valence-corrected chi connectivity index (χ2v) is 5.72. The number of nitrogens with zero attached hydrogens (tertiary/aromatic N) is 1. The van der Waals surface area contributed by atoms with E-state index < -0.39 is 21.8 Å². The molecule has 0 fully saturated rings. The predicted octanol–water partition coefficient (Wildman–Crippen LogP) is -0.196. The highest BCUT2D eigenvalue weighted by Gasteiger charge is 2.19. The van der Waals surface area contributed by atoms with E-state index in [1.54, 1.807) is 0 Å². The van der Waals surface area contributed by atoms with Gasteiger partial charge < -0.3 is 0 Å². The van der Waals surface area contributed by atoms with Crippen LogP contribution in [0.2, 0.25) is 0 Å². The first-order chi connectivity index (χ1) is 10.4. The lowest BCUT2D eigenvalue weighted by Crippen LogP contribution is -2.42. The number of carbonyl (C=O) groups is 2. The lowest BCUT2D eigenvalue weighted by Gasteiger charge is -2.09. The van der Waals surface area contributed by atoms with Crippen LogP contribution in [0.15, 0.2) is 53.7 Å². The lowest BCUT2D eigenvalue weighted by atomic mass is 10.2. The standard InChI is InChI=1S/C13H12N4O4S/c14-22(20,21)11-4-2-1-3-10(11)13(19)17-16-12(18)9-5-7-15-8-6-9/h1-8H,(H,16,18)(H,17,19)(H2,14,20,21). The molecule has 8 nitrogen and oxygen atoms in total. The third kappa shape index (κ3) is 3.65. The molecule has 4 N–H and O–H groups in total. The molecular weight excluding hydrogens is 308 g/mol. The van der Waals surface area contributed by atoms with Gasteiger partial charge in [0.2, 0.25) is 10.0 Å². The molecule has 0 bridgehead atoms. The number of rotatable bonds is 3. The molecule has 0 spiro atoms. The molecule has 2 amide bonds. The SMILES string of the molecule is NS(=O)(=O)c1ccccc1C(=O)NNC(=O)c1ccncc1. The monoisotopic (exact) mass is 320 g/mol. The first kappa shape index (κ1) is 15.6. The van der Waals surface area contributed by atoms with Crippen LogP contribution in [-0.2, 0) is 10.0 Å². The van der Waals surface area contributed by atoms with Crippen LogP contribution in [0.25, 0.3) is 0 Å². The van der Waals surface area contributed by atoms with Gasteiger partial charge >= 0.3 is 0 Å². The number of amides is 2. The number of aromatic nitrogens is 1. The van der Waals surface area contributed by atoms with Crippen LogP contribution >= 0.6 is 0 Å². The van der Waals surface area contributed by atoms with Gasteiger partial charge in [-0.3, -0.25) is 25.4 Å². The Morgan fingerprint density at radius 2 is 1.55 bits per heavy atom. The maximum absolute atomic E-state index is 12.0. The van der Waals surface area contributed by atoms with Gasteiger partial charge in [0.15, 0.2) is 0 Å². The Hall–Kier alpha value is -2.78. The van der Waals surface area contributed by atoms with E-state index in [2.05, 4.69) is 15.8 Å². The third-order valence-corrected chi connectivity index (χ3v) is 3.64. The molecule has 9 heteroatoms. The fourth-order valence-electron chi connectivity index (χ4n) is 1.66. The quantitative estimate of drug-likeness (QED) is 0.674. The number of primary sulfonamides is 1. The highest BCUT2D eigenvalue weighted by Crippen LogP contribution is 2.13. The van der Waals surface area contributed by atoms with Crippen LogP contribution in [0.1, 0.15) is 20.7 Å². The molecule has 22 heavy (non-hydrogen) atoms. The number of pyridine rings is 1. The Bertz CT molecular complexity index is 806. The van der Waals surface area contributed by atoms with Crippen LogP contribution in [0.4, 0.5) is 0 Å². The molecule has 0 atom stereocenters. The lowest BCUT2D eigenvalue weighted by molar-refractivity contribution is 0.0845. The summed E-state index contributed by atoms with van der Waals surface area (Å²) in [5.74, 6) is -1.36. The van der Waals surface area contributed by atoms with Gasteiger partial charge in [-0.25, -0.2) is 13.6 Å². The molecule has 1 heterocycles. The third-order valence-electron chi connectivity index (χ3n) is 2.67. The zero-order chi connectivity index (χ0) is 16.2. The Kier molecular flexibility index (Phi) is 4.49. The van der Waals surface area contributed by atoms with E-state index >= 15 is 0 Å². The predicted molar refractivity (Wildman–Crippen MR) is 77.0 cm³/mol. The fourth-order valence-corrected chi connectivity index (χ4v) is 2.39. The first-order valence-corrected chi connectivity index (χ1v) is 7.57. The van der Waals surface area contributed by atoms with E-state index in [4.69, 9.17) is 5.14 Å². The second kappa shape index (κ2) is 6.33. The molecular formula is C13H12N4O4S. The molecule has 1 aromatic heterocycles. The largest absolute Gasteiger partial charge is 0.271 e. The number of hydrogen-bond donors (Lipinski definition) is 3. The summed E-state index contributed by atoms with van der Waals surface area (Å²) in [7, 11) is -4.05. The van der Waals surface area contributed by atoms with Crippen molar-refractivity contribution in [1.29, 1.82) is 0 Å². The number of hydrogen-bond acceptors (Lipinski definition) is 5. The molecule has 2 aromatic rings. The molecule has 2 rings (SSSR count). The van der Waals surface area contributed by atoms with Gasteiger partial charge in [-0.05, 0) is 24.3 Å². The van der Waals surface area contributed by atoms with Gasteiger partial charge in [-0.2, -0.15) is 0 Å². The highest BCUT2D eigenvalue weighted by molar-refractivity contribution is 7.89. The minimum absolute atomic E-state index is 0.167. The van der Waals surface area contributed by atoms with Crippen molar-refractivity contribution < 1.29 is 18.0 Å². The van der Waals surface area contributed by atoms with E-state index in [0.717, 1.165) is 0 Å². The average Bonchev–Trinajstić information content (AvgIpc) is 2.52. The summed E-state index contributed by atoms with van der Waals surface area (Å²) >= 11 is 0. The topological polar surface area (TPSA) is 131 Å². The molecule has 0 unspecified atom stereocenters. The normalized spacial score (nSPS) is 10.8. The van der Waals surface area contributed by atoms with Gasteiger partial charge in [0, 0.05) is 18.0 Å². The Balaban J connectivity index is 2.13. The van der Waals surface area contributed by atoms with E-state index in [1.807, 2.05) is 0 Å². The van der Waals surface area contributed by atoms with E-state index in [-0.39, 0.29) is 16.0 Å². The number of nitrogens with two attached hydrogens (primary N) is 1. The van der Waals surface area contributed by atoms with Crippen LogP contribution in [0, 0.1) is 0 Å². The van der Waals surface area contributed by atoms with E-state index in [0.29, 0.717) is 0 Å². The van der Waals surface area contributed by atoms with Crippen LogP contribution in [-0.4, -0.2) is 25.2 Å². The Morgan fingerprint density at radius 3 is 2.18 bits per heavy atom. The number of carbonyl (C=O) groups excluding carboxylic acids is 2. The van der Waals surface area contributed by atoms with E-state index in [9.17, 15) is 18.0 Å². The molecule has 0 saturated heterocycles. The van der Waals surface area contributed by atoms with E-state index in [1.165, 1.54) is 48.8 Å². The van der Waals surface area contributed by atoms with Crippen molar-refractivity contribution in [3.8, 4) is 0 Å². The van der Waals surface area contributed by atoms with Crippen molar-refractivity contribution in [3.63, 3.8) is 0 Å². The first-order valence-electron chi connectivity index (χ1n) is 6.02. The van der Waals surface area contributed by atoms with Gasteiger partial charge in [-0.1, -0.05) is 12.1 Å². The number of sulfonamides is 1. The van der Waals surface area contributed by atoms with Gasteiger partial charge in [0.1, 0.15) is 0 Å². The van der Waals surface area contributed by atoms with Crippen LogP contribution in [0.5, 0.6) is 0 Å². The summed E-state index contributed by atoms with van der Waals surface area (Å²) in [6.45, 7) is 0. The van der Waals surface area contributed by atoms with Gasteiger partial charge in [-0.15, -0.1) is 0 Å². The van der Waals surface area contributed by atoms with Crippen molar-refractivity contribution in [3.05, 3.63) is 59.9 Å². The molecule has 0 radical (unpaired) electrons. The molecule has 0 aliphatic carbocycles. The second-order valence-electron chi connectivity index (χ2n) is 4.19. The van der Waals surface area contributed by atoms with Crippen molar-refractivity contribution in [2.75, 3.05) is 0 Å². The van der Waals surface area contributed by atoms with Crippen molar-refractivity contribution in [2.45, 2.75) is 4.90 Å². The number of benzene rings is 1. The summed E-state index contributed by atoms with van der Waals surface area (Å²) in [6, 6.07) is 8.32. The summed E-state index contributed by atoms with van der Waals surface area (Å²) in [5.41, 5.74) is 4.43. The molecule has 1 aromatic carbocycles. The number of hydrazine groups is 1. The maximum Gasteiger partial charge on any atom is 0.271 e. The zero-order valence-electron chi connectivity index (χ0n) is 11.2. The van der Waals surface area contributed by atoms with Crippen LogP contribution in [0.3, 0.4) is 0 Å². The average molecular weight is 320 g/mol. The van der Waals surface area contributed by atoms with Crippen LogP contribution < -0.4 is 16.0 Å². The van der Waals surface area contributed by atoms with Gasteiger partial charge in [0.05, 0.1) is 10.5 Å². The smallest absolute Gasteiger partial charge is 0.267 e. The number of nitrogens with one attached hydrogen (secondary N) is 2. The molecule has 0 aliphatic rings. The van der Waals surface area contributed by atoms with Crippen molar-refractivity contribution in [2.24, 2.45) is 5.14 Å². The molecule has 0 aliphatic heterocycles. The summed E-state index contributed by atoms with van der Waals surface area (Å²) in [5, 5.41) is 5.04. The van der Waals surface area contributed by atoms with Crippen molar-refractivity contribution in [1.82, 2.24) is 15.8 Å². The Labute approximate surface area is 126 Å². The molecule has 0 saturated carbocycles.